The van der Waals surface area contributed by atoms with E-state index >= 15 is 0 Å². The van der Waals surface area contributed by atoms with Gasteiger partial charge in [0.2, 0.25) is 10.0 Å². The molecule has 6 nitrogen and oxygen atoms in total. The topological polar surface area (TPSA) is 95.5 Å². The number of aliphatic hydroxyl groups is 1. The SMILES string of the molecule is Cc1cc(NC(=O)c2cccc(S(=O)(=O)NC(C)[C@@H](C)[C@H](O)c3ccccc3)c2)ccc1F. The van der Waals surface area contributed by atoms with E-state index in [1.807, 2.05) is 18.2 Å². The van der Waals surface area contributed by atoms with Gasteiger partial charge in [-0.2, -0.15) is 0 Å². The van der Waals surface area contributed by atoms with Gasteiger partial charge in [-0.25, -0.2) is 17.5 Å². The Balaban J connectivity index is 1.73. The predicted octanol–water partition coefficient (Wildman–Crippen LogP) is 4.42. The predicted molar refractivity (Wildman–Crippen MR) is 126 cm³/mol. The summed E-state index contributed by atoms with van der Waals surface area (Å²) in [5.41, 5.74) is 1.63. The molecule has 0 saturated carbocycles. The minimum absolute atomic E-state index is 0.0707. The van der Waals surface area contributed by atoms with Crippen molar-refractivity contribution in [1.29, 1.82) is 0 Å². The van der Waals surface area contributed by atoms with Crippen LogP contribution in [-0.4, -0.2) is 25.5 Å². The van der Waals surface area contributed by atoms with Gasteiger partial charge >= 0.3 is 0 Å². The monoisotopic (exact) mass is 470 g/mol. The molecule has 0 radical (unpaired) electrons. The van der Waals surface area contributed by atoms with Crippen molar-refractivity contribution in [3.63, 3.8) is 0 Å². The van der Waals surface area contributed by atoms with Crippen LogP contribution < -0.4 is 10.0 Å². The molecule has 0 aromatic heterocycles. The summed E-state index contributed by atoms with van der Waals surface area (Å²) in [6.07, 6.45) is -0.847. The molecule has 0 heterocycles. The number of halogens is 1. The highest BCUT2D eigenvalue weighted by molar-refractivity contribution is 7.89. The number of carbonyl (C=O) groups excluding carboxylic acids is 1. The zero-order valence-electron chi connectivity index (χ0n) is 18.6. The number of hydrogen-bond donors (Lipinski definition) is 3. The molecule has 8 heteroatoms. The number of anilines is 1. The molecule has 33 heavy (non-hydrogen) atoms. The van der Waals surface area contributed by atoms with Gasteiger partial charge in [0.25, 0.3) is 5.91 Å². The second kappa shape index (κ2) is 10.2. The van der Waals surface area contributed by atoms with Gasteiger partial charge in [0.15, 0.2) is 0 Å². The molecule has 3 N–H and O–H groups in total. The van der Waals surface area contributed by atoms with Gasteiger partial charge in [-0.15, -0.1) is 0 Å². The van der Waals surface area contributed by atoms with Crippen LogP contribution in [-0.2, 0) is 10.0 Å². The summed E-state index contributed by atoms with van der Waals surface area (Å²) in [4.78, 5) is 12.5. The summed E-state index contributed by atoms with van der Waals surface area (Å²) in [5, 5.41) is 13.3. The fourth-order valence-electron chi connectivity index (χ4n) is 3.38. The maximum absolute atomic E-state index is 13.4. The van der Waals surface area contributed by atoms with Crippen LogP contribution in [0.1, 0.15) is 41.4 Å². The van der Waals surface area contributed by atoms with E-state index in [9.17, 15) is 22.7 Å². The zero-order chi connectivity index (χ0) is 24.2. The second-order valence-corrected chi connectivity index (χ2v) is 9.78. The van der Waals surface area contributed by atoms with E-state index in [-0.39, 0.29) is 16.3 Å². The number of benzene rings is 3. The average Bonchev–Trinajstić information content (AvgIpc) is 2.80. The standard InChI is InChI=1S/C25H27FN2O4S/c1-16-14-21(12-13-23(16)26)27-25(30)20-10-7-11-22(15-20)33(31,32)28-18(3)17(2)24(29)19-8-5-4-6-9-19/h4-15,17-18,24,28-29H,1-3H3,(H,27,30)/t17-,18?,24+/m1/s1. The molecule has 3 rings (SSSR count). The molecular formula is C25H27FN2O4S. The molecule has 174 valence electrons. The zero-order valence-corrected chi connectivity index (χ0v) is 19.4. The molecule has 3 atom stereocenters. The molecular weight excluding hydrogens is 443 g/mol. The molecule has 3 aromatic rings. The number of aryl methyl sites for hydroxylation is 1. The summed E-state index contributed by atoms with van der Waals surface area (Å²) in [6.45, 7) is 5.03. The molecule has 0 bridgehead atoms. The lowest BCUT2D eigenvalue weighted by atomic mass is 9.92. The maximum atomic E-state index is 13.4. The normalized spacial score (nSPS) is 14.3. The largest absolute Gasteiger partial charge is 0.388 e. The van der Waals surface area contributed by atoms with Crippen LogP contribution in [0.15, 0.2) is 77.7 Å². The van der Waals surface area contributed by atoms with Gasteiger partial charge < -0.3 is 10.4 Å². The molecule has 0 spiro atoms. The van der Waals surface area contributed by atoms with Crippen LogP contribution >= 0.6 is 0 Å². The number of sulfonamides is 1. The lowest BCUT2D eigenvalue weighted by Crippen LogP contribution is -2.39. The number of rotatable bonds is 8. The lowest BCUT2D eigenvalue weighted by Gasteiger charge is -2.26. The van der Waals surface area contributed by atoms with E-state index in [4.69, 9.17) is 0 Å². The Hall–Kier alpha value is -3.07. The first-order valence-corrected chi connectivity index (χ1v) is 12.0. The molecule has 1 amide bonds. The van der Waals surface area contributed by atoms with Crippen molar-refractivity contribution >= 4 is 21.6 Å². The van der Waals surface area contributed by atoms with Gasteiger partial charge in [-0.05, 0) is 61.4 Å². The summed E-state index contributed by atoms with van der Waals surface area (Å²) in [5.74, 6) is -1.30. The van der Waals surface area contributed by atoms with Gasteiger partial charge in [-0.3, -0.25) is 4.79 Å². The molecule has 0 aliphatic rings. The highest BCUT2D eigenvalue weighted by Gasteiger charge is 2.27. The summed E-state index contributed by atoms with van der Waals surface area (Å²) < 4.78 is 42.0. The van der Waals surface area contributed by atoms with E-state index in [2.05, 4.69) is 10.0 Å². The third-order valence-corrected chi connectivity index (χ3v) is 7.15. The highest BCUT2D eigenvalue weighted by Crippen LogP contribution is 2.25. The van der Waals surface area contributed by atoms with Crippen molar-refractivity contribution in [1.82, 2.24) is 4.72 Å². The van der Waals surface area contributed by atoms with Crippen molar-refractivity contribution in [3.8, 4) is 0 Å². The van der Waals surface area contributed by atoms with Crippen LogP contribution in [0.2, 0.25) is 0 Å². The fraction of sp³-hybridized carbons (Fsp3) is 0.240. The van der Waals surface area contributed by atoms with Crippen molar-refractivity contribution < 1.29 is 22.7 Å². The Morgan fingerprint density at radius 3 is 2.33 bits per heavy atom. The van der Waals surface area contributed by atoms with Crippen molar-refractivity contribution in [2.75, 3.05) is 5.32 Å². The smallest absolute Gasteiger partial charge is 0.255 e. The van der Waals surface area contributed by atoms with Crippen LogP contribution in [0.5, 0.6) is 0 Å². The molecule has 0 fully saturated rings. The fourth-order valence-corrected chi connectivity index (χ4v) is 4.76. The van der Waals surface area contributed by atoms with Crippen molar-refractivity contribution in [2.45, 2.75) is 37.8 Å². The third kappa shape index (κ3) is 6.04. The first kappa shape index (κ1) is 24.6. The van der Waals surface area contributed by atoms with Crippen molar-refractivity contribution in [2.24, 2.45) is 5.92 Å². The summed E-state index contributed by atoms with van der Waals surface area (Å²) in [7, 11) is -3.95. The maximum Gasteiger partial charge on any atom is 0.255 e. The molecule has 0 aliphatic carbocycles. The first-order valence-electron chi connectivity index (χ1n) is 10.5. The Labute approximate surface area is 193 Å². The van der Waals surface area contributed by atoms with E-state index in [1.165, 1.54) is 42.5 Å². The number of hydrogen-bond acceptors (Lipinski definition) is 4. The van der Waals surface area contributed by atoms with Crippen LogP contribution in [0.4, 0.5) is 10.1 Å². The van der Waals surface area contributed by atoms with E-state index in [0.717, 1.165) is 0 Å². The minimum Gasteiger partial charge on any atom is -0.388 e. The average molecular weight is 471 g/mol. The van der Waals surface area contributed by atoms with Crippen LogP contribution in [0.25, 0.3) is 0 Å². The molecule has 1 unspecified atom stereocenters. The van der Waals surface area contributed by atoms with E-state index in [0.29, 0.717) is 16.8 Å². The quantitative estimate of drug-likeness (QED) is 0.454. The first-order chi connectivity index (χ1) is 15.6. The third-order valence-electron chi connectivity index (χ3n) is 5.59. The molecule has 0 saturated heterocycles. The van der Waals surface area contributed by atoms with Gasteiger partial charge in [0.1, 0.15) is 5.82 Å². The molecule has 3 aromatic carbocycles. The summed E-state index contributed by atoms with van der Waals surface area (Å²) >= 11 is 0. The Morgan fingerprint density at radius 2 is 1.67 bits per heavy atom. The second-order valence-electron chi connectivity index (χ2n) is 8.07. The number of nitrogens with one attached hydrogen (secondary N) is 2. The van der Waals surface area contributed by atoms with E-state index < -0.39 is 34.0 Å². The minimum atomic E-state index is -3.95. The van der Waals surface area contributed by atoms with Gasteiger partial charge in [-0.1, -0.05) is 43.3 Å². The summed E-state index contributed by atoms with van der Waals surface area (Å²) in [6, 6.07) is 18.3. The van der Waals surface area contributed by atoms with Crippen molar-refractivity contribution in [3.05, 3.63) is 95.3 Å². The van der Waals surface area contributed by atoms with Crippen LogP contribution in [0, 0.1) is 18.7 Å². The van der Waals surface area contributed by atoms with Gasteiger partial charge in [0.05, 0.1) is 11.0 Å². The number of carbonyl (C=O) groups is 1. The Morgan fingerprint density at radius 1 is 0.970 bits per heavy atom. The molecule has 0 aliphatic heterocycles. The number of amides is 1. The Kier molecular flexibility index (Phi) is 7.63. The van der Waals surface area contributed by atoms with Crippen LogP contribution in [0.3, 0.4) is 0 Å². The van der Waals surface area contributed by atoms with Gasteiger partial charge in [0, 0.05) is 23.2 Å². The number of aliphatic hydroxyl groups excluding tert-OH is 1. The highest BCUT2D eigenvalue weighted by atomic mass is 32.2. The lowest BCUT2D eigenvalue weighted by molar-refractivity contribution is 0.102. The van der Waals surface area contributed by atoms with E-state index in [1.54, 1.807) is 32.9 Å². The Bertz CT molecular complexity index is 1230.